The van der Waals surface area contributed by atoms with Gasteiger partial charge in [0.05, 0.1) is 30.8 Å². The zero-order valence-electron chi connectivity index (χ0n) is 27.1. The number of ether oxygens (including phenoxy) is 1. The van der Waals surface area contributed by atoms with Crippen LogP contribution in [0.1, 0.15) is 55.1 Å². The van der Waals surface area contributed by atoms with Crippen molar-refractivity contribution in [2.24, 2.45) is 0 Å². The van der Waals surface area contributed by atoms with Crippen LogP contribution in [0.2, 0.25) is 10.0 Å². The molecular weight excluding hydrogens is 666 g/mol. The van der Waals surface area contributed by atoms with Gasteiger partial charge in [0.2, 0.25) is 5.91 Å². The fourth-order valence-corrected chi connectivity index (χ4v) is 6.71. The fourth-order valence-electron chi connectivity index (χ4n) is 6.46. The summed E-state index contributed by atoms with van der Waals surface area (Å²) < 4.78 is 47.5. The van der Waals surface area contributed by atoms with Crippen LogP contribution in [-0.4, -0.2) is 78.9 Å². The van der Waals surface area contributed by atoms with Crippen LogP contribution in [0.15, 0.2) is 66.7 Å². The second-order valence-electron chi connectivity index (χ2n) is 11.9. The molecule has 5 rings (SSSR count). The Labute approximate surface area is 289 Å². The number of alkyl halides is 3. The number of nitrogens with one attached hydrogen (secondary N) is 2. The van der Waals surface area contributed by atoms with Crippen molar-refractivity contribution in [2.45, 2.75) is 44.7 Å². The lowest BCUT2D eigenvalue weighted by atomic mass is 9.94. The van der Waals surface area contributed by atoms with E-state index in [4.69, 9.17) is 27.9 Å². The molecule has 3 aromatic carbocycles. The van der Waals surface area contributed by atoms with Crippen molar-refractivity contribution in [3.8, 4) is 5.75 Å². The number of halogens is 5. The molecule has 0 saturated carbocycles. The summed E-state index contributed by atoms with van der Waals surface area (Å²) in [4.78, 5) is 33.2. The van der Waals surface area contributed by atoms with Gasteiger partial charge in [0.15, 0.2) is 5.66 Å². The predicted molar refractivity (Wildman–Crippen MR) is 180 cm³/mol. The molecule has 2 fully saturated rings. The number of benzene rings is 3. The van der Waals surface area contributed by atoms with Gasteiger partial charge in [-0.1, -0.05) is 53.5 Å². The molecule has 2 amide bonds. The number of nitrogens with zero attached hydrogens (tertiary/aromatic N) is 3. The quantitative estimate of drug-likeness (QED) is 0.260. The average Bonchev–Trinajstić information content (AvgIpc) is 3.47. The number of carbonyl (C=O) groups excluding carboxylic acids is 2. The minimum atomic E-state index is -4.62. The Morgan fingerprint density at radius 1 is 0.854 bits per heavy atom. The number of hydrogen-bond acceptors (Lipinski definition) is 6. The summed E-state index contributed by atoms with van der Waals surface area (Å²) in [6.45, 7) is 8.67. The van der Waals surface area contributed by atoms with Crippen molar-refractivity contribution in [3.05, 3.63) is 99.0 Å². The summed E-state index contributed by atoms with van der Waals surface area (Å²) in [6.07, 6.45) is -4.62. The van der Waals surface area contributed by atoms with Gasteiger partial charge in [-0.15, -0.1) is 0 Å². The number of hydrogen-bond donors (Lipinski definition) is 2. The largest absolute Gasteiger partial charge is 0.493 e. The zero-order chi connectivity index (χ0) is 34.6. The maximum atomic E-state index is 14.9. The van der Waals surface area contributed by atoms with Gasteiger partial charge in [-0.3, -0.25) is 25.1 Å². The van der Waals surface area contributed by atoms with Crippen molar-refractivity contribution < 1.29 is 27.5 Å². The molecule has 0 bridgehead atoms. The first-order chi connectivity index (χ1) is 22.9. The highest BCUT2D eigenvalue weighted by molar-refractivity contribution is 6.30. The first kappa shape index (κ1) is 35.9. The van der Waals surface area contributed by atoms with Crippen LogP contribution in [0.4, 0.5) is 13.2 Å². The predicted octanol–water partition coefficient (Wildman–Crippen LogP) is 6.25. The Balaban J connectivity index is 1.57. The van der Waals surface area contributed by atoms with Crippen LogP contribution in [0, 0.1) is 0 Å². The first-order valence-corrected chi connectivity index (χ1v) is 16.9. The molecule has 2 aliphatic heterocycles. The van der Waals surface area contributed by atoms with Gasteiger partial charge < -0.3 is 14.5 Å². The van der Waals surface area contributed by atoms with Crippen LogP contribution in [0.25, 0.3) is 0 Å². The van der Waals surface area contributed by atoms with Gasteiger partial charge in [-0.2, -0.15) is 13.2 Å². The minimum absolute atomic E-state index is 0.0260. The topological polar surface area (TPSA) is 77.2 Å². The standard InChI is InChI=1S/C35H40Cl2F3N5O3/c1-4-44(5-2)30(46)22-43-17-19-45(20-18-43)33(47)34(28-16-11-25(35(38,39)40)21-29(28)48-6-3)41-31(23-7-12-26(36)13-8-23)32(42-34)24-9-14-27(37)15-10-24/h7-16,21,31-32,41-42H,4-6,17-20,22H2,1-3H3. The van der Waals surface area contributed by atoms with Crippen LogP contribution in [0.5, 0.6) is 5.75 Å². The summed E-state index contributed by atoms with van der Waals surface area (Å²) in [6, 6.07) is 16.6. The highest BCUT2D eigenvalue weighted by Crippen LogP contribution is 2.46. The summed E-state index contributed by atoms with van der Waals surface area (Å²) in [5.74, 6) is -0.401. The molecule has 2 saturated heterocycles. The molecule has 13 heteroatoms. The lowest BCUT2D eigenvalue weighted by Crippen LogP contribution is -2.62. The number of rotatable bonds is 10. The van der Waals surface area contributed by atoms with Crippen molar-refractivity contribution in [1.29, 1.82) is 0 Å². The monoisotopic (exact) mass is 705 g/mol. The number of piperazine rings is 1. The van der Waals surface area contributed by atoms with Crippen LogP contribution >= 0.6 is 23.2 Å². The van der Waals surface area contributed by atoms with E-state index >= 15 is 0 Å². The van der Waals surface area contributed by atoms with Crippen LogP contribution < -0.4 is 15.4 Å². The second kappa shape index (κ2) is 15.0. The van der Waals surface area contributed by atoms with Crippen molar-refractivity contribution in [2.75, 3.05) is 52.4 Å². The Morgan fingerprint density at radius 3 is 1.83 bits per heavy atom. The smallest absolute Gasteiger partial charge is 0.416 e. The summed E-state index contributed by atoms with van der Waals surface area (Å²) in [7, 11) is 0. The van der Waals surface area contributed by atoms with Crippen LogP contribution in [0.3, 0.4) is 0 Å². The van der Waals surface area contributed by atoms with Gasteiger partial charge in [0.1, 0.15) is 5.75 Å². The Kier molecular flexibility index (Phi) is 11.3. The van der Waals surface area contributed by atoms with Gasteiger partial charge in [-0.25, -0.2) is 0 Å². The summed E-state index contributed by atoms with van der Waals surface area (Å²) in [5.41, 5.74) is -0.720. The van der Waals surface area contributed by atoms with Crippen molar-refractivity contribution in [3.63, 3.8) is 0 Å². The zero-order valence-corrected chi connectivity index (χ0v) is 28.6. The fraction of sp³-hybridized carbons (Fsp3) is 0.429. The lowest BCUT2D eigenvalue weighted by Gasteiger charge is -2.41. The van der Waals surface area contributed by atoms with E-state index in [1.54, 1.807) is 41.0 Å². The van der Waals surface area contributed by atoms with Gasteiger partial charge in [0, 0.05) is 54.9 Å². The third-order valence-corrected chi connectivity index (χ3v) is 9.51. The second-order valence-corrected chi connectivity index (χ2v) is 12.7. The molecule has 258 valence electrons. The first-order valence-electron chi connectivity index (χ1n) is 16.1. The highest BCUT2D eigenvalue weighted by Gasteiger charge is 2.55. The molecule has 48 heavy (non-hydrogen) atoms. The number of carbonyl (C=O) groups is 2. The molecule has 0 aromatic heterocycles. The van der Waals surface area contributed by atoms with E-state index in [0.29, 0.717) is 49.3 Å². The van der Waals surface area contributed by atoms with Gasteiger partial charge >= 0.3 is 6.18 Å². The summed E-state index contributed by atoms with van der Waals surface area (Å²) >= 11 is 12.5. The van der Waals surface area contributed by atoms with Crippen LogP contribution in [-0.2, 0) is 21.4 Å². The third-order valence-electron chi connectivity index (χ3n) is 9.00. The van der Waals surface area contributed by atoms with E-state index in [-0.39, 0.29) is 36.3 Å². The maximum absolute atomic E-state index is 14.9. The van der Waals surface area contributed by atoms with Crippen molar-refractivity contribution in [1.82, 2.24) is 25.3 Å². The van der Waals surface area contributed by atoms with Crippen molar-refractivity contribution >= 4 is 35.0 Å². The normalized spacial score (nSPS) is 21.7. The number of amides is 2. The van der Waals surface area contributed by atoms with E-state index in [2.05, 4.69) is 10.6 Å². The average molecular weight is 707 g/mol. The Morgan fingerprint density at radius 2 is 1.38 bits per heavy atom. The van der Waals surface area contributed by atoms with E-state index in [0.717, 1.165) is 23.3 Å². The molecule has 0 spiro atoms. The minimum Gasteiger partial charge on any atom is -0.493 e. The van der Waals surface area contributed by atoms with Gasteiger partial charge in [0.25, 0.3) is 5.91 Å². The molecule has 2 atom stereocenters. The highest BCUT2D eigenvalue weighted by atomic mass is 35.5. The molecule has 2 N–H and O–H groups in total. The molecule has 2 heterocycles. The molecule has 2 unspecified atom stereocenters. The lowest BCUT2D eigenvalue weighted by molar-refractivity contribution is -0.142. The van der Waals surface area contributed by atoms with E-state index in [1.807, 2.05) is 43.0 Å². The molecule has 2 aliphatic rings. The van der Waals surface area contributed by atoms with E-state index < -0.39 is 29.5 Å². The maximum Gasteiger partial charge on any atom is 0.416 e. The third kappa shape index (κ3) is 7.60. The molecular formula is C35H40Cl2F3N5O3. The molecule has 8 nitrogen and oxygen atoms in total. The molecule has 3 aromatic rings. The van der Waals surface area contributed by atoms with Gasteiger partial charge in [-0.05, 0) is 68.3 Å². The Hall–Kier alpha value is -3.35. The van der Waals surface area contributed by atoms with E-state index in [9.17, 15) is 22.8 Å². The number of likely N-dealkylation sites (N-methyl/N-ethyl adjacent to an activating group) is 1. The Bertz CT molecular complexity index is 1520. The molecule has 0 radical (unpaired) electrons. The molecule has 0 aliphatic carbocycles. The SMILES string of the molecule is CCOc1cc(C(F)(F)F)ccc1C1(C(=O)N2CCN(CC(=O)N(CC)CC)CC2)NC(c2ccc(Cl)cc2)C(c2ccc(Cl)cc2)N1. The van der Waals surface area contributed by atoms with E-state index in [1.165, 1.54) is 6.07 Å². The summed E-state index contributed by atoms with van der Waals surface area (Å²) in [5, 5.41) is 8.14.